The van der Waals surface area contributed by atoms with Crippen LogP contribution in [0.4, 0.5) is 11.4 Å². The molecule has 0 atom stereocenters. The molecule has 0 saturated carbocycles. The highest BCUT2D eigenvalue weighted by molar-refractivity contribution is 7.99. The monoisotopic (exact) mass is 282 g/mol. The van der Waals surface area contributed by atoms with Gasteiger partial charge in [0.15, 0.2) is 0 Å². The largest absolute Gasteiger partial charge is 0.385 e. The number of rotatable bonds is 9. The molecule has 1 aromatic carbocycles. The van der Waals surface area contributed by atoms with E-state index in [0.717, 1.165) is 24.3 Å². The number of benzene rings is 1. The first-order valence-electron chi connectivity index (χ1n) is 6.46. The lowest BCUT2D eigenvalue weighted by Crippen LogP contribution is -2.16. The van der Waals surface area contributed by atoms with Gasteiger partial charge in [-0.05, 0) is 42.2 Å². The second kappa shape index (κ2) is 9.69. The lowest BCUT2D eigenvalue weighted by molar-refractivity contribution is -0.119. The van der Waals surface area contributed by atoms with E-state index in [9.17, 15) is 4.79 Å². The lowest BCUT2D eigenvalue weighted by Gasteiger charge is -2.08. The van der Waals surface area contributed by atoms with Crippen molar-refractivity contribution in [1.82, 2.24) is 0 Å². The summed E-state index contributed by atoms with van der Waals surface area (Å²) in [5, 5.41) is 6.12. The summed E-state index contributed by atoms with van der Waals surface area (Å²) < 4.78 is 4.76. The van der Waals surface area contributed by atoms with Gasteiger partial charge in [0.1, 0.15) is 6.61 Å². The fourth-order valence-electron chi connectivity index (χ4n) is 1.55. The van der Waals surface area contributed by atoms with Crippen LogP contribution in [0.2, 0.25) is 0 Å². The molecular weight excluding hydrogens is 260 g/mol. The molecule has 0 aliphatic heterocycles. The van der Waals surface area contributed by atoms with Gasteiger partial charge < -0.3 is 15.4 Å². The second-order valence-corrected chi connectivity index (χ2v) is 5.43. The third kappa shape index (κ3) is 7.08. The van der Waals surface area contributed by atoms with E-state index in [4.69, 9.17) is 4.74 Å². The number of carbonyl (C=O) groups is 1. The minimum atomic E-state index is -0.139. The maximum absolute atomic E-state index is 11.3. The average molecular weight is 282 g/mol. The van der Waals surface area contributed by atoms with Crippen molar-refractivity contribution in [3.8, 4) is 0 Å². The third-order valence-electron chi connectivity index (χ3n) is 2.44. The molecule has 0 aromatic heterocycles. The van der Waals surface area contributed by atoms with Crippen LogP contribution in [0, 0.1) is 0 Å². The van der Waals surface area contributed by atoms with Gasteiger partial charge in [-0.2, -0.15) is 11.8 Å². The molecule has 4 nitrogen and oxygen atoms in total. The molecule has 0 saturated heterocycles. The number of anilines is 2. The smallest absolute Gasteiger partial charge is 0.250 e. The zero-order chi connectivity index (χ0) is 13.9. The number of ether oxygens (including phenoxy) is 1. The molecule has 19 heavy (non-hydrogen) atoms. The van der Waals surface area contributed by atoms with Crippen LogP contribution in [0.3, 0.4) is 0 Å². The number of hydrogen-bond acceptors (Lipinski definition) is 4. The van der Waals surface area contributed by atoms with E-state index >= 15 is 0 Å². The van der Waals surface area contributed by atoms with E-state index in [0.29, 0.717) is 0 Å². The van der Waals surface area contributed by atoms with Crippen LogP contribution in [0.5, 0.6) is 0 Å². The van der Waals surface area contributed by atoms with Gasteiger partial charge in [0, 0.05) is 25.0 Å². The highest BCUT2D eigenvalue weighted by atomic mass is 32.2. The van der Waals surface area contributed by atoms with Gasteiger partial charge in [0.25, 0.3) is 0 Å². The molecule has 0 aliphatic carbocycles. The van der Waals surface area contributed by atoms with Gasteiger partial charge in [0.2, 0.25) is 5.91 Å². The Labute approximate surface area is 119 Å². The van der Waals surface area contributed by atoms with Gasteiger partial charge in [-0.3, -0.25) is 4.79 Å². The SMILES string of the molecule is CCSCCCNc1ccc(NC(=O)COC)cc1. The Hall–Kier alpha value is -1.20. The van der Waals surface area contributed by atoms with E-state index in [1.807, 2.05) is 36.0 Å². The Kier molecular flexibility index (Phi) is 8.09. The summed E-state index contributed by atoms with van der Waals surface area (Å²) in [4.78, 5) is 11.3. The highest BCUT2D eigenvalue weighted by Gasteiger charge is 2.00. The average Bonchev–Trinajstić information content (AvgIpc) is 2.41. The molecule has 2 N–H and O–H groups in total. The minimum Gasteiger partial charge on any atom is -0.385 e. The normalized spacial score (nSPS) is 10.2. The van der Waals surface area contributed by atoms with Crippen LogP contribution in [-0.2, 0) is 9.53 Å². The molecular formula is C14H22N2O2S. The number of carbonyl (C=O) groups excluding carboxylic acids is 1. The van der Waals surface area contributed by atoms with Crippen molar-refractivity contribution >= 4 is 29.0 Å². The van der Waals surface area contributed by atoms with Gasteiger partial charge in [-0.25, -0.2) is 0 Å². The summed E-state index contributed by atoms with van der Waals surface area (Å²) in [5.74, 6) is 2.23. The fourth-order valence-corrected chi connectivity index (χ4v) is 2.19. The number of hydrogen-bond donors (Lipinski definition) is 2. The Bertz CT molecular complexity index is 368. The molecule has 0 heterocycles. The van der Waals surface area contributed by atoms with Crippen LogP contribution in [0.15, 0.2) is 24.3 Å². The van der Waals surface area contributed by atoms with Gasteiger partial charge in [0.05, 0.1) is 0 Å². The highest BCUT2D eigenvalue weighted by Crippen LogP contribution is 2.13. The fraction of sp³-hybridized carbons (Fsp3) is 0.500. The topological polar surface area (TPSA) is 50.4 Å². The van der Waals surface area contributed by atoms with Crippen molar-refractivity contribution in [2.24, 2.45) is 0 Å². The zero-order valence-corrected chi connectivity index (χ0v) is 12.4. The second-order valence-electron chi connectivity index (χ2n) is 4.04. The van der Waals surface area contributed by atoms with Crippen LogP contribution in [0.1, 0.15) is 13.3 Å². The maximum Gasteiger partial charge on any atom is 0.250 e. The van der Waals surface area contributed by atoms with Crippen LogP contribution >= 0.6 is 11.8 Å². The summed E-state index contributed by atoms with van der Waals surface area (Å²) in [7, 11) is 1.50. The van der Waals surface area contributed by atoms with E-state index < -0.39 is 0 Å². The Morgan fingerprint density at radius 2 is 1.95 bits per heavy atom. The first-order chi connectivity index (χ1) is 9.26. The first-order valence-corrected chi connectivity index (χ1v) is 7.62. The van der Waals surface area contributed by atoms with E-state index in [2.05, 4.69) is 17.6 Å². The Morgan fingerprint density at radius 3 is 2.58 bits per heavy atom. The molecule has 1 rings (SSSR count). The van der Waals surface area contributed by atoms with E-state index in [1.165, 1.54) is 18.6 Å². The number of methoxy groups -OCH3 is 1. The summed E-state index contributed by atoms with van der Waals surface area (Å²) in [5.41, 5.74) is 1.86. The number of amides is 1. The van der Waals surface area contributed by atoms with Crippen molar-refractivity contribution in [2.75, 3.05) is 42.4 Å². The molecule has 0 spiro atoms. The first kappa shape index (κ1) is 15.9. The molecule has 0 radical (unpaired) electrons. The van der Waals surface area contributed by atoms with Crippen molar-refractivity contribution < 1.29 is 9.53 Å². The molecule has 1 aromatic rings. The van der Waals surface area contributed by atoms with Crippen LogP contribution in [0.25, 0.3) is 0 Å². The third-order valence-corrected chi connectivity index (χ3v) is 3.43. The standard InChI is InChI=1S/C14H22N2O2S/c1-3-19-10-4-9-15-12-5-7-13(8-6-12)16-14(17)11-18-2/h5-8,15H,3-4,9-11H2,1-2H3,(H,16,17). The van der Waals surface area contributed by atoms with E-state index in [1.54, 1.807) is 0 Å². The molecule has 5 heteroatoms. The Morgan fingerprint density at radius 1 is 1.26 bits per heavy atom. The van der Waals surface area contributed by atoms with Crippen LogP contribution in [-0.4, -0.2) is 37.7 Å². The van der Waals surface area contributed by atoms with Crippen molar-refractivity contribution in [3.63, 3.8) is 0 Å². The van der Waals surface area contributed by atoms with Crippen LogP contribution < -0.4 is 10.6 Å². The van der Waals surface area contributed by atoms with Gasteiger partial charge in [-0.15, -0.1) is 0 Å². The van der Waals surface area contributed by atoms with Crippen molar-refractivity contribution in [3.05, 3.63) is 24.3 Å². The Balaban J connectivity index is 2.29. The molecule has 1 amide bonds. The summed E-state index contributed by atoms with van der Waals surface area (Å²) in [6.07, 6.45) is 1.16. The predicted molar refractivity (Wildman–Crippen MR) is 83.1 cm³/mol. The van der Waals surface area contributed by atoms with E-state index in [-0.39, 0.29) is 12.5 Å². The summed E-state index contributed by atoms with van der Waals surface area (Å²) >= 11 is 1.96. The molecule has 0 unspecified atom stereocenters. The lowest BCUT2D eigenvalue weighted by atomic mass is 10.2. The summed E-state index contributed by atoms with van der Waals surface area (Å²) in [6.45, 7) is 3.23. The quantitative estimate of drug-likeness (QED) is 0.684. The molecule has 0 aliphatic rings. The zero-order valence-electron chi connectivity index (χ0n) is 11.6. The van der Waals surface area contributed by atoms with Crippen molar-refractivity contribution in [2.45, 2.75) is 13.3 Å². The molecule has 106 valence electrons. The maximum atomic E-state index is 11.3. The molecule has 0 fully saturated rings. The number of thioether (sulfide) groups is 1. The number of nitrogens with one attached hydrogen (secondary N) is 2. The van der Waals surface area contributed by atoms with Crippen molar-refractivity contribution in [1.29, 1.82) is 0 Å². The minimum absolute atomic E-state index is 0.0785. The summed E-state index contributed by atoms with van der Waals surface area (Å²) in [6, 6.07) is 7.71. The molecule has 0 bridgehead atoms. The van der Waals surface area contributed by atoms with Gasteiger partial charge in [-0.1, -0.05) is 6.92 Å². The predicted octanol–water partition coefficient (Wildman–Crippen LogP) is 2.83. The van der Waals surface area contributed by atoms with Gasteiger partial charge >= 0.3 is 0 Å².